The predicted molar refractivity (Wildman–Crippen MR) is 172 cm³/mol. The van der Waals surface area contributed by atoms with E-state index in [1.807, 2.05) is 37.8 Å². The lowest BCUT2D eigenvalue weighted by Crippen LogP contribution is -2.54. The van der Waals surface area contributed by atoms with Gasteiger partial charge < -0.3 is 14.2 Å². The number of pyridine rings is 1. The molecule has 0 N–H and O–H groups in total. The second-order valence-corrected chi connectivity index (χ2v) is 11.8. The van der Waals surface area contributed by atoms with Crippen molar-refractivity contribution in [2.45, 2.75) is 39.3 Å². The largest absolute Gasteiger partial charge is 0.464 e. The van der Waals surface area contributed by atoms with Crippen molar-refractivity contribution in [2.24, 2.45) is 0 Å². The highest BCUT2D eigenvalue weighted by molar-refractivity contribution is 6.34. The van der Waals surface area contributed by atoms with Crippen molar-refractivity contribution < 1.29 is 13.6 Å². The highest BCUT2D eigenvalue weighted by atomic mass is 35.5. The molecule has 9 nitrogen and oxygen atoms in total. The standard InChI is InChI=1S/C34H30ClFN6O3/c1-5-28(43)40-12-13-41(20(4)17-40)33-24-15-26(35)30(29-27(36)10-9-21-11-14-45-31(21)29)38-32(24)42(34(44)39-33)18-25-22(16-37)7-6-8-23(25)19(2)3/h5-11,14-15,19-20H,1,12-13,17-18H2,2-4H3/t20-/m0/s1. The van der Waals surface area contributed by atoms with E-state index >= 15 is 4.39 Å². The van der Waals surface area contributed by atoms with Crippen molar-refractivity contribution in [3.05, 3.63) is 99.4 Å². The molecule has 228 valence electrons. The van der Waals surface area contributed by atoms with Crippen LogP contribution in [0.1, 0.15) is 43.4 Å². The average molecular weight is 625 g/mol. The number of nitrogens with zero attached hydrogens (tertiary/aromatic N) is 6. The maximum atomic E-state index is 15.5. The number of hydrogen-bond acceptors (Lipinski definition) is 7. The first-order valence-electron chi connectivity index (χ1n) is 14.6. The molecule has 3 aromatic heterocycles. The molecule has 0 unspecified atom stereocenters. The van der Waals surface area contributed by atoms with Gasteiger partial charge in [-0.1, -0.05) is 44.2 Å². The maximum Gasteiger partial charge on any atom is 0.351 e. The predicted octanol–water partition coefficient (Wildman–Crippen LogP) is 6.26. The molecular weight excluding hydrogens is 595 g/mol. The lowest BCUT2D eigenvalue weighted by atomic mass is 9.93. The molecule has 1 atom stereocenters. The molecule has 0 aliphatic carbocycles. The van der Waals surface area contributed by atoms with E-state index in [1.165, 1.54) is 23.0 Å². The summed E-state index contributed by atoms with van der Waals surface area (Å²) in [6.45, 7) is 10.8. The molecule has 1 aliphatic heterocycles. The van der Waals surface area contributed by atoms with Gasteiger partial charge in [0.25, 0.3) is 0 Å². The molecule has 0 radical (unpaired) electrons. The molecule has 0 saturated carbocycles. The van der Waals surface area contributed by atoms with E-state index in [2.05, 4.69) is 17.6 Å². The van der Waals surface area contributed by atoms with Gasteiger partial charge in [-0.3, -0.25) is 9.36 Å². The molecule has 1 aliphatic rings. The van der Waals surface area contributed by atoms with Crippen LogP contribution in [0, 0.1) is 17.1 Å². The third kappa shape index (κ3) is 5.23. The minimum absolute atomic E-state index is 0.0124. The number of rotatable bonds is 6. The van der Waals surface area contributed by atoms with E-state index in [4.69, 9.17) is 21.0 Å². The summed E-state index contributed by atoms with van der Waals surface area (Å²) < 4.78 is 22.5. The number of piperazine rings is 1. The van der Waals surface area contributed by atoms with E-state index in [-0.39, 0.29) is 51.9 Å². The first-order chi connectivity index (χ1) is 21.6. The number of carbonyl (C=O) groups excluding carboxylic acids is 1. The van der Waals surface area contributed by atoms with Gasteiger partial charge in [0, 0.05) is 31.1 Å². The quantitative estimate of drug-likeness (QED) is 0.205. The number of halogens is 2. The van der Waals surface area contributed by atoms with E-state index < -0.39 is 11.5 Å². The fourth-order valence-corrected chi connectivity index (χ4v) is 6.35. The second kappa shape index (κ2) is 11.8. The lowest BCUT2D eigenvalue weighted by molar-refractivity contribution is -0.126. The Kier molecular flexibility index (Phi) is 7.89. The van der Waals surface area contributed by atoms with Crippen molar-refractivity contribution in [3.8, 4) is 17.3 Å². The van der Waals surface area contributed by atoms with Crippen LogP contribution in [0.3, 0.4) is 0 Å². The summed E-state index contributed by atoms with van der Waals surface area (Å²) in [6.07, 6.45) is 2.75. The molecule has 1 fully saturated rings. The molecule has 6 rings (SSSR count). The molecule has 0 bridgehead atoms. The van der Waals surface area contributed by atoms with Gasteiger partial charge in [0.15, 0.2) is 0 Å². The summed E-state index contributed by atoms with van der Waals surface area (Å²) in [4.78, 5) is 39.3. The third-order valence-electron chi connectivity index (χ3n) is 8.35. The molecular formula is C34H30ClFN6O3. The molecule has 2 aromatic carbocycles. The fraction of sp³-hybridized carbons (Fsp3) is 0.265. The lowest BCUT2D eigenvalue weighted by Gasteiger charge is -2.40. The summed E-state index contributed by atoms with van der Waals surface area (Å²) in [6, 6.07) is 13.8. The Morgan fingerprint density at radius 1 is 1.24 bits per heavy atom. The number of fused-ring (bicyclic) bond motifs is 2. The number of amides is 1. The first kappa shape index (κ1) is 30.0. The summed E-state index contributed by atoms with van der Waals surface area (Å²) >= 11 is 6.86. The first-order valence-corrected chi connectivity index (χ1v) is 15.0. The number of anilines is 1. The van der Waals surface area contributed by atoms with Crippen LogP contribution in [-0.4, -0.2) is 51.0 Å². The highest BCUT2D eigenvalue weighted by Crippen LogP contribution is 2.38. The van der Waals surface area contributed by atoms with Gasteiger partial charge >= 0.3 is 5.69 Å². The van der Waals surface area contributed by atoms with Crippen LogP contribution in [0.15, 0.2) is 70.6 Å². The number of nitriles is 1. The summed E-state index contributed by atoms with van der Waals surface area (Å²) in [7, 11) is 0. The summed E-state index contributed by atoms with van der Waals surface area (Å²) in [5.41, 5.74) is 2.13. The van der Waals surface area contributed by atoms with Crippen LogP contribution < -0.4 is 10.6 Å². The molecule has 11 heteroatoms. The monoisotopic (exact) mass is 624 g/mol. The summed E-state index contributed by atoms with van der Waals surface area (Å²) in [5, 5.41) is 11.3. The van der Waals surface area contributed by atoms with Crippen LogP contribution >= 0.6 is 11.6 Å². The Labute approximate surface area is 263 Å². The van der Waals surface area contributed by atoms with Crippen molar-refractivity contribution in [1.29, 1.82) is 5.26 Å². The van der Waals surface area contributed by atoms with Gasteiger partial charge in [0.2, 0.25) is 5.91 Å². The number of furan rings is 1. The minimum atomic E-state index is -0.589. The zero-order valence-electron chi connectivity index (χ0n) is 25.1. The Morgan fingerprint density at radius 3 is 2.76 bits per heavy atom. The van der Waals surface area contributed by atoms with Gasteiger partial charge in [0.05, 0.1) is 46.1 Å². The van der Waals surface area contributed by atoms with Crippen molar-refractivity contribution in [3.63, 3.8) is 0 Å². The molecule has 45 heavy (non-hydrogen) atoms. The van der Waals surface area contributed by atoms with Crippen molar-refractivity contribution in [2.75, 3.05) is 24.5 Å². The Bertz CT molecular complexity index is 2100. The van der Waals surface area contributed by atoms with Crippen LogP contribution in [0.4, 0.5) is 10.2 Å². The molecule has 1 amide bonds. The SMILES string of the molecule is C=CC(=O)N1CCN(c2nc(=O)n(Cc3c(C#N)cccc3C(C)C)c3nc(-c4c(F)ccc5ccoc45)c(Cl)cc23)[C@@H](C)C1. The minimum Gasteiger partial charge on any atom is -0.464 e. The van der Waals surface area contributed by atoms with Gasteiger partial charge in [-0.05, 0) is 60.4 Å². The van der Waals surface area contributed by atoms with E-state index in [0.29, 0.717) is 47.4 Å². The number of benzene rings is 2. The average Bonchev–Trinajstić information content (AvgIpc) is 3.51. The van der Waals surface area contributed by atoms with Crippen molar-refractivity contribution >= 4 is 45.3 Å². The Balaban J connectivity index is 1.61. The van der Waals surface area contributed by atoms with E-state index in [9.17, 15) is 14.9 Å². The zero-order chi connectivity index (χ0) is 32.0. The van der Waals surface area contributed by atoms with Crippen LogP contribution in [0.5, 0.6) is 0 Å². The van der Waals surface area contributed by atoms with Crippen molar-refractivity contribution in [1.82, 2.24) is 19.4 Å². The number of hydrogen-bond donors (Lipinski definition) is 0. The molecule has 5 aromatic rings. The topological polar surface area (TPSA) is 108 Å². The van der Waals surface area contributed by atoms with E-state index in [0.717, 1.165) is 5.56 Å². The van der Waals surface area contributed by atoms with Crippen LogP contribution in [-0.2, 0) is 11.3 Å². The Hall–Kier alpha value is -5.01. The van der Waals surface area contributed by atoms with Crippen LogP contribution in [0.2, 0.25) is 5.02 Å². The number of carbonyl (C=O) groups is 1. The van der Waals surface area contributed by atoms with Gasteiger partial charge in [-0.25, -0.2) is 14.2 Å². The van der Waals surface area contributed by atoms with Gasteiger partial charge in [0.1, 0.15) is 22.9 Å². The normalized spacial score (nSPS) is 15.2. The molecule has 0 spiro atoms. The Morgan fingerprint density at radius 2 is 2.04 bits per heavy atom. The smallest absolute Gasteiger partial charge is 0.351 e. The highest BCUT2D eigenvalue weighted by Gasteiger charge is 2.30. The maximum absolute atomic E-state index is 15.5. The fourth-order valence-electron chi connectivity index (χ4n) is 6.10. The summed E-state index contributed by atoms with van der Waals surface area (Å²) in [5.74, 6) is -0.320. The number of aromatic nitrogens is 3. The van der Waals surface area contributed by atoms with E-state index in [1.54, 1.807) is 29.2 Å². The zero-order valence-corrected chi connectivity index (χ0v) is 25.8. The van der Waals surface area contributed by atoms with Gasteiger partial charge in [-0.15, -0.1) is 0 Å². The van der Waals surface area contributed by atoms with Crippen LogP contribution in [0.25, 0.3) is 33.3 Å². The molecule has 4 heterocycles. The molecule has 1 saturated heterocycles. The third-order valence-corrected chi connectivity index (χ3v) is 8.64. The van der Waals surface area contributed by atoms with Gasteiger partial charge in [-0.2, -0.15) is 10.2 Å². The second-order valence-electron chi connectivity index (χ2n) is 11.4.